The lowest BCUT2D eigenvalue weighted by molar-refractivity contribution is -0.146. The van der Waals surface area contributed by atoms with Crippen LogP contribution >= 0.6 is 0 Å². The summed E-state index contributed by atoms with van der Waals surface area (Å²) in [6.07, 6.45) is 1.49. The number of imide groups is 1. The molecule has 0 unspecified atom stereocenters. The van der Waals surface area contributed by atoms with Gasteiger partial charge in [0.1, 0.15) is 0 Å². The van der Waals surface area contributed by atoms with Gasteiger partial charge in [0.05, 0.1) is 11.1 Å². The number of carbonyl (C=O) groups excluding carboxylic acids is 3. The van der Waals surface area contributed by atoms with Gasteiger partial charge in [0.25, 0.3) is 5.91 Å². The standard InChI is InChI=1S/C19H24N2O3/c1-18(2)14-10-11-19(18,3)17(24)21(16(14)23)13-8-6-12(7-9-13)15(22)20(4)5/h6-9,14H,10-11H2,1-5H3/t14-,19+/m1/s1. The number of fused-ring (bicyclic) bond motifs is 2. The van der Waals surface area contributed by atoms with Crippen molar-refractivity contribution >= 4 is 23.4 Å². The molecule has 1 aliphatic heterocycles. The second kappa shape index (κ2) is 5.16. The van der Waals surface area contributed by atoms with Gasteiger partial charge in [-0.05, 0) is 42.5 Å². The molecule has 2 aliphatic rings. The van der Waals surface area contributed by atoms with Gasteiger partial charge in [0.15, 0.2) is 0 Å². The van der Waals surface area contributed by atoms with Gasteiger partial charge in [-0.3, -0.25) is 14.4 Å². The number of benzene rings is 1. The lowest BCUT2D eigenvalue weighted by atomic mass is 9.62. The quantitative estimate of drug-likeness (QED) is 0.784. The minimum atomic E-state index is -0.524. The van der Waals surface area contributed by atoms with Crippen LogP contribution in [0.5, 0.6) is 0 Å². The highest BCUT2D eigenvalue weighted by molar-refractivity contribution is 6.20. The van der Waals surface area contributed by atoms with E-state index >= 15 is 0 Å². The monoisotopic (exact) mass is 328 g/mol. The molecule has 0 aromatic heterocycles. The minimum absolute atomic E-state index is 0.106. The van der Waals surface area contributed by atoms with Crippen molar-refractivity contribution in [3.63, 3.8) is 0 Å². The Labute approximate surface area is 142 Å². The minimum Gasteiger partial charge on any atom is -0.345 e. The molecule has 1 aromatic rings. The maximum atomic E-state index is 13.1. The van der Waals surface area contributed by atoms with Gasteiger partial charge < -0.3 is 4.90 Å². The van der Waals surface area contributed by atoms with E-state index in [4.69, 9.17) is 0 Å². The number of amides is 3. The summed E-state index contributed by atoms with van der Waals surface area (Å²) in [5, 5.41) is 0. The first kappa shape index (κ1) is 16.7. The predicted molar refractivity (Wildman–Crippen MR) is 91.6 cm³/mol. The Kier molecular flexibility index (Phi) is 3.59. The highest BCUT2D eigenvalue weighted by atomic mass is 16.2. The zero-order valence-electron chi connectivity index (χ0n) is 14.9. The molecule has 24 heavy (non-hydrogen) atoms. The summed E-state index contributed by atoms with van der Waals surface area (Å²) in [7, 11) is 3.38. The van der Waals surface area contributed by atoms with Crippen molar-refractivity contribution in [2.24, 2.45) is 16.7 Å². The zero-order chi connectivity index (χ0) is 17.9. The van der Waals surface area contributed by atoms with Crippen molar-refractivity contribution in [3.8, 4) is 0 Å². The molecule has 2 bridgehead atoms. The molecule has 0 spiro atoms. The van der Waals surface area contributed by atoms with E-state index in [9.17, 15) is 14.4 Å². The molecule has 5 nitrogen and oxygen atoms in total. The smallest absolute Gasteiger partial charge is 0.253 e. The topological polar surface area (TPSA) is 57.7 Å². The van der Waals surface area contributed by atoms with Crippen molar-refractivity contribution in [3.05, 3.63) is 29.8 Å². The van der Waals surface area contributed by atoms with Crippen LogP contribution in [0.15, 0.2) is 24.3 Å². The van der Waals surface area contributed by atoms with E-state index in [1.165, 1.54) is 9.80 Å². The van der Waals surface area contributed by atoms with E-state index in [-0.39, 0.29) is 29.1 Å². The third-order valence-electron chi connectivity index (χ3n) is 6.20. The highest BCUT2D eigenvalue weighted by Crippen LogP contribution is 2.60. The Morgan fingerprint density at radius 3 is 2.25 bits per heavy atom. The van der Waals surface area contributed by atoms with Crippen LogP contribution in [0.4, 0.5) is 5.69 Å². The largest absolute Gasteiger partial charge is 0.345 e. The van der Waals surface area contributed by atoms with Crippen LogP contribution in [0.2, 0.25) is 0 Å². The van der Waals surface area contributed by atoms with Gasteiger partial charge in [-0.2, -0.15) is 0 Å². The molecule has 1 saturated carbocycles. The SMILES string of the molecule is CN(C)C(=O)c1ccc(N2C(=O)[C@H]3CC[C@@](C)(C2=O)C3(C)C)cc1. The van der Waals surface area contributed by atoms with Gasteiger partial charge in [0, 0.05) is 25.6 Å². The van der Waals surface area contributed by atoms with E-state index in [0.717, 1.165) is 12.8 Å². The summed E-state index contributed by atoms with van der Waals surface area (Å²) in [6, 6.07) is 6.71. The fourth-order valence-corrected chi connectivity index (χ4v) is 4.07. The lowest BCUT2D eigenvalue weighted by Crippen LogP contribution is -2.59. The molecule has 2 atom stereocenters. The number of rotatable bonds is 2. The Hall–Kier alpha value is -2.17. The van der Waals surface area contributed by atoms with Crippen LogP contribution in [0.25, 0.3) is 0 Å². The van der Waals surface area contributed by atoms with Gasteiger partial charge in [-0.1, -0.05) is 20.8 Å². The normalized spacial score (nSPS) is 28.2. The Bertz CT molecular complexity index is 721. The van der Waals surface area contributed by atoms with Crippen molar-refractivity contribution in [2.45, 2.75) is 33.6 Å². The maximum Gasteiger partial charge on any atom is 0.253 e. The summed E-state index contributed by atoms with van der Waals surface area (Å²) in [6.45, 7) is 6.02. The molecule has 0 N–H and O–H groups in total. The number of carbonyl (C=O) groups is 3. The Morgan fingerprint density at radius 2 is 1.71 bits per heavy atom. The van der Waals surface area contributed by atoms with Crippen LogP contribution in [0.1, 0.15) is 44.0 Å². The van der Waals surface area contributed by atoms with Crippen LogP contribution in [0.3, 0.4) is 0 Å². The molecule has 128 valence electrons. The van der Waals surface area contributed by atoms with E-state index in [2.05, 4.69) is 0 Å². The van der Waals surface area contributed by atoms with Crippen molar-refractivity contribution in [1.29, 1.82) is 0 Å². The molecular formula is C19H24N2O3. The Balaban J connectivity index is 1.97. The van der Waals surface area contributed by atoms with Crippen LogP contribution in [-0.4, -0.2) is 36.7 Å². The van der Waals surface area contributed by atoms with Gasteiger partial charge in [-0.25, -0.2) is 4.90 Å². The number of piperidine rings is 1. The van der Waals surface area contributed by atoms with Crippen molar-refractivity contribution in [1.82, 2.24) is 4.90 Å². The summed E-state index contributed by atoms with van der Waals surface area (Å²) in [5.41, 5.74) is 0.242. The van der Waals surface area contributed by atoms with Crippen LogP contribution in [-0.2, 0) is 9.59 Å². The average Bonchev–Trinajstić information content (AvgIpc) is 2.71. The summed E-state index contributed by atoms with van der Waals surface area (Å²) in [4.78, 5) is 40.8. The molecule has 2 fully saturated rings. The Morgan fingerprint density at radius 1 is 1.12 bits per heavy atom. The maximum absolute atomic E-state index is 13.1. The molecule has 3 rings (SSSR count). The number of hydrogen-bond donors (Lipinski definition) is 0. The van der Waals surface area contributed by atoms with Gasteiger partial charge in [0.2, 0.25) is 11.8 Å². The highest BCUT2D eigenvalue weighted by Gasteiger charge is 2.64. The molecule has 1 saturated heterocycles. The molecule has 1 heterocycles. The third kappa shape index (κ3) is 2.03. The summed E-state index contributed by atoms with van der Waals surface area (Å²) >= 11 is 0. The molecule has 3 amide bonds. The van der Waals surface area contributed by atoms with Crippen LogP contribution in [0, 0.1) is 16.7 Å². The first-order valence-electron chi connectivity index (χ1n) is 8.31. The fourth-order valence-electron chi connectivity index (χ4n) is 4.07. The van der Waals surface area contributed by atoms with E-state index < -0.39 is 5.41 Å². The molecule has 1 aliphatic carbocycles. The zero-order valence-corrected chi connectivity index (χ0v) is 14.9. The molecule has 0 radical (unpaired) electrons. The fraction of sp³-hybridized carbons (Fsp3) is 0.526. The summed E-state index contributed by atoms with van der Waals surface area (Å²) in [5.74, 6) is -0.487. The van der Waals surface area contributed by atoms with Crippen molar-refractivity contribution in [2.75, 3.05) is 19.0 Å². The van der Waals surface area contributed by atoms with E-state index in [1.54, 1.807) is 38.4 Å². The number of anilines is 1. The molecule has 5 heteroatoms. The first-order valence-corrected chi connectivity index (χ1v) is 8.31. The van der Waals surface area contributed by atoms with Crippen molar-refractivity contribution < 1.29 is 14.4 Å². The third-order valence-corrected chi connectivity index (χ3v) is 6.20. The van der Waals surface area contributed by atoms with Gasteiger partial charge >= 0.3 is 0 Å². The second-order valence-corrected chi connectivity index (χ2v) is 7.87. The average molecular weight is 328 g/mol. The second-order valence-electron chi connectivity index (χ2n) is 7.87. The van der Waals surface area contributed by atoms with Gasteiger partial charge in [-0.15, -0.1) is 0 Å². The number of hydrogen-bond acceptors (Lipinski definition) is 3. The van der Waals surface area contributed by atoms with Crippen LogP contribution < -0.4 is 4.90 Å². The first-order chi connectivity index (χ1) is 11.1. The predicted octanol–water partition coefficient (Wildman–Crippen LogP) is 2.70. The molecule has 1 aromatic carbocycles. The lowest BCUT2D eigenvalue weighted by Gasteiger charge is -2.47. The van der Waals surface area contributed by atoms with E-state index in [1.807, 2.05) is 20.8 Å². The van der Waals surface area contributed by atoms with E-state index in [0.29, 0.717) is 11.3 Å². The molecular weight excluding hydrogens is 304 g/mol. The summed E-state index contributed by atoms with van der Waals surface area (Å²) < 4.78 is 0. The number of nitrogens with zero attached hydrogens (tertiary/aromatic N) is 2.